The highest BCUT2D eigenvalue weighted by molar-refractivity contribution is 7.92. The van der Waals surface area contributed by atoms with Crippen LogP contribution in [0.5, 0.6) is 11.5 Å². The molecule has 0 bridgehead atoms. The van der Waals surface area contributed by atoms with Gasteiger partial charge in [0.15, 0.2) is 0 Å². The number of nitrogen functional groups attached to an aromatic ring is 1. The predicted molar refractivity (Wildman–Crippen MR) is 73.6 cm³/mol. The second kappa shape index (κ2) is 5.15. The highest BCUT2D eigenvalue weighted by Crippen LogP contribution is 2.22. The lowest BCUT2D eigenvalue weighted by Crippen LogP contribution is -2.09. The Morgan fingerprint density at radius 3 is 2.26 bits per heavy atom. The zero-order valence-electron chi connectivity index (χ0n) is 10.2. The first kappa shape index (κ1) is 13.2. The molecule has 0 fully saturated rings. The molecule has 6 nitrogen and oxygen atoms in total. The molecule has 1 aromatic carbocycles. The Hall–Kier alpha value is -2.28. The Kier molecular flexibility index (Phi) is 3.57. The minimum Gasteiger partial charge on any atom is -0.456 e. The molecule has 0 unspecified atom stereocenters. The smallest absolute Gasteiger partial charge is 0.229 e. The first-order valence-electron chi connectivity index (χ1n) is 5.40. The molecule has 0 saturated carbocycles. The Labute approximate surface area is 111 Å². The second-order valence-corrected chi connectivity index (χ2v) is 5.67. The summed E-state index contributed by atoms with van der Waals surface area (Å²) in [6, 6.07) is 9.87. The fourth-order valence-electron chi connectivity index (χ4n) is 1.39. The molecule has 0 aliphatic heterocycles. The number of ether oxygens (including phenoxy) is 1. The van der Waals surface area contributed by atoms with Gasteiger partial charge in [-0.1, -0.05) is 0 Å². The van der Waals surface area contributed by atoms with Crippen LogP contribution < -0.4 is 15.2 Å². The van der Waals surface area contributed by atoms with E-state index in [1.54, 1.807) is 36.4 Å². The summed E-state index contributed by atoms with van der Waals surface area (Å²) in [5.74, 6) is 1.55. The molecule has 3 N–H and O–H groups in total. The Morgan fingerprint density at radius 2 is 1.74 bits per heavy atom. The quantitative estimate of drug-likeness (QED) is 0.890. The number of nitrogens with zero attached hydrogens (tertiary/aromatic N) is 1. The molecule has 0 radical (unpaired) electrons. The number of rotatable bonds is 4. The van der Waals surface area contributed by atoms with Crippen LogP contribution in [0, 0.1) is 0 Å². The Bertz CT molecular complexity index is 652. The van der Waals surface area contributed by atoms with Crippen LogP contribution in [0.3, 0.4) is 0 Å². The summed E-state index contributed by atoms with van der Waals surface area (Å²) in [6.45, 7) is 0. The molecule has 0 aliphatic rings. The van der Waals surface area contributed by atoms with Crippen molar-refractivity contribution >= 4 is 21.5 Å². The van der Waals surface area contributed by atoms with Gasteiger partial charge in [0.25, 0.3) is 0 Å². The number of pyridine rings is 1. The molecule has 1 heterocycles. The van der Waals surface area contributed by atoms with Crippen molar-refractivity contribution in [2.45, 2.75) is 0 Å². The molecule has 0 saturated heterocycles. The summed E-state index contributed by atoms with van der Waals surface area (Å²) in [5, 5.41) is 0. The zero-order chi connectivity index (χ0) is 13.9. The highest BCUT2D eigenvalue weighted by Gasteiger charge is 2.02. The molecular formula is C12H13N3O3S. The fraction of sp³-hybridized carbons (Fsp3) is 0.0833. The molecule has 100 valence electrons. The van der Waals surface area contributed by atoms with Crippen molar-refractivity contribution in [2.24, 2.45) is 0 Å². The maximum atomic E-state index is 11.0. The van der Waals surface area contributed by atoms with E-state index in [9.17, 15) is 8.42 Å². The van der Waals surface area contributed by atoms with Crippen molar-refractivity contribution in [1.82, 2.24) is 4.98 Å². The third kappa shape index (κ3) is 4.14. The van der Waals surface area contributed by atoms with Crippen LogP contribution in [-0.4, -0.2) is 19.7 Å². The summed E-state index contributed by atoms with van der Waals surface area (Å²) in [6.07, 6.45) is 2.61. The van der Waals surface area contributed by atoms with Crippen LogP contribution in [0.25, 0.3) is 0 Å². The number of nitrogens with two attached hydrogens (primary N) is 1. The van der Waals surface area contributed by atoms with Gasteiger partial charge in [0, 0.05) is 5.69 Å². The van der Waals surface area contributed by atoms with Gasteiger partial charge < -0.3 is 10.5 Å². The van der Waals surface area contributed by atoms with E-state index in [1.165, 1.54) is 6.20 Å². The first-order chi connectivity index (χ1) is 8.92. The third-order valence-electron chi connectivity index (χ3n) is 2.15. The molecule has 7 heteroatoms. The summed E-state index contributed by atoms with van der Waals surface area (Å²) < 4.78 is 30.0. The summed E-state index contributed by atoms with van der Waals surface area (Å²) in [7, 11) is -3.27. The summed E-state index contributed by atoms with van der Waals surface area (Å²) >= 11 is 0. The predicted octanol–water partition coefficient (Wildman–Crippen LogP) is 1.83. The number of aromatic nitrogens is 1. The van der Waals surface area contributed by atoms with Gasteiger partial charge in [-0.05, 0) is 36.4 Å². The van der Waals surface area contributed by atoms with Crippen molar-refractivity contribution in [3.05, 3.63) is 42.6 Å². The van der Waals surface area contributed by atoms with Crippen molar-refractivity contribution < 1.29 is 13.2 Å². The van der Waals surface area contributed by atoms with E-state index < -0.39 is 10.0 Å². The number of hydrogen-bond donors (Lipinski definition) is 2. The minimum atomic E-state index is -3.27. The molecule has 1 aromatic heterocycles. The number of sulfonamides is 1. The average Bonchev–Trinajstić information content (AvgIpc) is 2.33. The minimum absolute atomic E-state index is 0.417. The van der Waals surface area contributed by atoms with E-state index in [-0.39, 0.29) is 0 Å². The van der Waals surface area contributed by atoms with Crippen LogP contribution in [0.15, 0.2) is 42.6 Å². The first-order valence-corrected chi connectivity index (χ1v) is 7.29. The maximum absolute atomic E-state index is 11.0. The lowest BCUT2D eigenvalue weighted by Gasteiger charge is -2.07. The van der Waals surface area contributed by atoms with Gasteiger partial charge in [0.05, 0.1) is 12.5 Å². The van der Waals surface area contributed by atoms with Crippen LogP contribution >= 0.6 is 0 Å². The van der Waals surface area contributed by atoms with Crippen LogP contribution in [0.1, 0.15) is 0 Å². The van der Waals surface area contributed by atoms with Crippen molar-refractivity contribution in [2.75, 3.05) is 16.7 Å². The van der Waals surface area contributed by atoms with Crippen molar-refractivity contribution in [1.29, 1.82) is 0 Å². The molecular weight excluding hydrogens is 266 g/mol. The van der Waals surface area contributed by atoms with Gasteiger partial charge >= 0.3 is 0 Å². The van der Waals surface area contributed by atoms with Crippen LogP contribution in [-0.2, 0) is 10.0 Å². The largest absolute Gasteiger partial charge is 0.456 e. The second-order valence-electron chi connectivity index (χ2n) is 3.92. The van der Waals surface area contributed by atoms with Crippen molar-refractivity contribution in [3.63, 3.8) is 0 Å². The molecule has 0 aliphatic carbocycles. The molecule has 0 amide bonds. The summed E-state index contributed by atoms with van der Waals surface area (Å²) in [4.78, 5) is 3.90. The molecule has 2 aromatic rings. The van der Waals surface area contributed by atoms with Crippen LogP contribution in [0.2, 0.25) is 0 Å². The number of nitrogens with one attached hydrogen (secondary N) is 1. The average molecular weight is 279 g/mol. The molecule has 0 atom stereocenters. The van der Waals surface area contributed by atoms with E-state index in [2.05, 4.69) is 9.71 Å². The van der Waals surface area contributed by atoms with Gasteiger partial charge in [0.2, 0.25) is 10.0 Å². The summed E-state index contributed by atoms with van der Waals surface area (Å²) in [5.41, 5.74) is 5.94. The van der Waals surface area contributed by atoms with Gasteiger partial charge in [0.1, 0.15) is 17.3 Å². The topological polar surface area (TPSA) is 94.3 Å². The molecule has 2 rings (SSSR count). The Morgan fingerprint density at radius 1 is 1.11 bits per heavy atom. The lowest BCUT2D eigenvalue weighted by atomic mass is 10.3. The zero-order valence-corrected chi connectivity index (χ0v) is 11.0. The van der Waals surface area contributed by atoms with Gasteiger partial charge in [-0.25, -0.2) is 13.4 Å². The van der Waals surface area contributed by atoms with E-state index in [0.29, 0.717) is 23.0 Å². The number of benzene rings is 1. The number of anilines is 2. The van der Waals surface area contributed by atoms with Gasteiger partial charge in [-0.15, -0.1) is 0 Å². The molecule has 19 heavy (non-hydrogen) atoms. The van der Waals surface area contributed by atoms with Crippen LogP contribution in [0.4, 0.5) is 11.5 Å². The monoisotopic (exact) mass is 279 g/mol. The molecule has 0 spiro atoms. The van der Waals surface area contributed by atoms with E-state index in [0.717, 1.165) is 6.26 Å². The van der Waals surface area contributed by atoms with E-state index in [4.69, 9.17) is 10.5 Å². The van der Waals surface area contributed by atoms with E-state index >= 15 is 0 Å². The lowest BCUT2D eigenvalue weighted by molar-refractivity contribution is 0.480. The third-order valence-corrected chi connectivity index (χ3v) is 2.76. The maximum Gasteiger partial charge on any atom is 0.229 e. The fourth-order valence-corrected chi connectivity index (χ4v) is 1.96. The van der Waals surface area contributed by atoms with E-state index in [1.807, 2.05) is 0 Å². The number of hydrogen-bond acceptors (Lipinski definition) is 5. The van der Waals surface area contributed by atoms with Gasteiger partial charge in [-0.3, -0.25) is 4.72 Å². The normalized spacial score (nSPS) is 11.0. The highest BCUT2D eigenvalue weighted by atomic mass is 32.2. The van der Waals surface area contributed by atoms with Gasteiger partial charge in [-0.2, -0.15) is 0 Å². The standard InChI is InChI=1S/C12H13N3O3S/c1-19(16,17)15-9-2-4-10(5-3-9)18-11-6-7-12(13)14-8-11/h2-8,15H,1H3,(H2,13,14). The SMILES string of the molecule is CS(=O)(=O)Nc1ccc(Oc2ccc(N)nc2)cc1. The van der Waals surface area contributed by atoms with Crippen molar-refractivity contribution in [3.8, 4) is 11.5 Å². The Balaban J connectivity index is 2.08.